The number of methoxy groups -OCH3 is 1. The molecule has 1 N–H and O–H groups in total. The Balaban J connectivity index is 1.58. The average Bonchev–Trinajstić information content (AvgIpc) is 3.47. The molecule has 0 aliphatic heterocycles. The van der Waals surface area contributed by atoms with Gasteiger partial charge in [-0.05, 0) is 47.7 Å². The van der Waals surface area contributed by atoms with Crippen LogP contribution in [0.3, 0.4) is 0 Å². The lowest BCUT2D eigenvalue weighted by Gasteiger charge is -2.12. The average molecular weight is 426 g/mol. The van der Waals surface area contributed by atoms with Gasteiger partial charge in [0.05, 0.1) is 13.4 Å². The van der Waals surface area contributed by atoms with Gasteiger partial charge in [-0.15, -0.1) is 0 Å². The van der Waals surface area contributed by atoms with Crippen molar-refractivity contribution in [3.05, 3.63) is 72.5 Å². The van der Waals surface area contributed by atoms with Crippen LogP contribution in [-0.4, -0.2) is 19.1 Å². The summed E-state index contributed by atoms with van der Waals surface area (Å²) in [6.07, 6.45) is 8.00. The first-order valence-corrected chi connectivity index (χ1v) is 11.2. The number of nitrogens with one attached hydrogen (secondary N) is 1. The van der Waals surface area contributed by atoms with Gasteiger partial charge in [0.1, 0.15) is 11.3 Å². The predicted molar refractivity (Wildman–Crippen MR) is 130 cm³/mol. The molecule has 3 aromatic carbocycles. The summed E-state index contributed by atoms with van der Waals surface area (Å²) < 4.78 is 11.6. The summed E-state index contributed by atoms with van der Waals surface area (Å²) in [7, 11) is 1.64. The molecular weight excluding hydrogens is 398 g/mol. The lowest BCUT2D eigenvalue weighted by molar-refractivity contribution is -0.117. The van der Waals surface area contributed by atoms with Gasteiger partial charge in [-0.3, -0.25) is 4.79 Å². The molecule has 162 valence electrons. The van der Waals surface area contributed by atoms with Crippen molar-refractivity contribution in [1.29, 1.82) is 0 Å². The number of rotatable bonds is 5. The van der Waals surface area contributed by atoms with Crippen molar-refractivity contribution in [2.24, 2.45) is 0 Å². The molecule has 5 rings (SSSR count). The summed E-state index contributed by atoms with van der Waals surface area (Å²) in [5.74, 6) is 0.650. The topological polar surface area (TPSA) is 51.5 Å². The molecule has 4 aromatic rings. The van der Waals surface area contributed by atoms with Crippen LogP contribution < -0.4 is 10.1 Å². The Morgan fingerprint density at radius 3 is 2.62 bits per heavy atom. The second-order valence-corrected chi connectivity index (χ2v) is 8.54. The third-order valence-electron chi connectivity index (χ3n) is 6.45. The highest BCUT2D eigenvalue weighted by molar-refractivity contribution is 6.06. The monoisotopic (exact) mass is 425 g/mol. The first-order valence-electron chi connectivity index (χ1n) is 11.2. The molecule has 1 aliphatic carbocycles. The minimum atomic E-state index is -0.0435. The molecule has 0 atom stereocenters. The molecule has 0 bridgehead atoms. The molecule has 1 aromatic heterocycles. The van der Waals surface area contributed by atoms with Crippen LogP contribution in [0.5, 0.6) is 5.75 Å². The summed E-state index contributed by atoms with van der Waals surface area (Å²) in [5.41, 5.74) is 4.67. The Kier molecular flexibility index (Phi) is 5.44. The van der Waals surface area contributed by atoms with E-state index in [1.807, 2.05) is 25.3 Å². The zero-order valence-corrected chi connectivity index (χ0v) is 18.5. The number of fused-ring (bicyclic) bond motifs is 2. The van der Waals surface area contributed by atoms with Crippen molar-refractivity contribution in [3.8, 4) is 16.9 Å². The number of carbonyl (C=O) groups excluding carboxylic acids is 1. The quantitative estimate of drug-likeness (QED) is 0.361. The number of amides is 1. The fourth-order valence-corrected chi connectivity index (χ4v) is 4.79. The number of furan rings is 1. The van der Waals surface area contributed by atoms with Gasteiger partial charge in [-0.1, -0.05) is 55.3 Å². The van der Waals surface area contributed by atoms with Gasteiger partial charge in [0.2, 0.25) is 5.91 Å². The summed E-state index contributed by atoms with van der Waals surface area (Å²) >= 11 is 0. The molecule has 1 fully saturated rings. The number of hydrogen-bond acceptors (Lipinski definition) is 3. The number of allylic oxidation sites excluding steroid dienone is 1. The van der Waals surface area contributed by atoms with Gasteiger partial charge in [0, 0.05) is 34.7 Å². The first kappa shape index (κ1) is 20.4. The highest BCUT2D eigenvalue weighted by atomic mass is 16.5. The number of benzene rings is 3. The molecule has 4 nitrogen and oxygen atoms in total. The van der Waals surface area contributed by atoms with Gasteiger partial charge < -0.3 is 14.5 Å². The largest absolute Gasteiger partial charge is 0.496 e. The summed E-state index contributed by atoms with van der Waals surface area (Å²) in [4.78, 5) is 12.6. The Bertz CT molecular complexity index is 1320. The first-order chi connectivity index (χ1) is 15.6. The molecule has 0 saturated heterocycles. The second kappa shape index (κ2) is 8.54. The van der Waals surface area contributed by atoms with Gasteiger partial charge in [-0.2, -0.15) is 0 Å². The fraction of sp³-hybridized carbons (Fsp3) is 0.250. The van der Waals surface area contributed by atoms with E-state index >= 15 is 0 Å². The van der Waals surface area contributed by atoms with Crippen LogP contribution in [0.2, 0.25) is 0 Å². The van der Waals surface area contributed by atoms with Crippen LogP contribution in [0.1, 0.15) is 38.2 Å². The molecule has 0 unspecified atom stereocenters. The molecule has 1 heterocycles. The highest BCUT2D eigenvalue weighted by Gasteiger charge is 2.18. The number of hydrogen-bond donors (Lipinski definition) is 1. The van der Waals surface area contributed by atoms with Crippen LogP contribution in [0.25, 0.3) is 38.4 Å². The molecular formula is C28H27NO3. The van der Waals surface area contributed by atoms with Crippen LogP contribution >= 0.6 is 0 Å². The van der Waals surface area contributed by atoms with E-state index in [-0.39, 0.29) is 5.91 Å². The fourth-order valence-electron chi connectivity index (χ4n) is 4.79. The maximum absolute atomic E-state index is 12.6. The van der Waals surface area contributed by atoms with E-state index in [9.17, 15) is 4.79 Å². The Hall–Kier alpha value is -3.53. The maximum atomic E-state index is 12.6. The summed E-state index contributed by atoms with van der Waals surface area (Å²) in [6, 6.07) is 18.9. The van der Waals surface area contributed by atoms with Gasteiger partial charge in [0.25, 0.3) is 0 Å². The SMILES string of the molecule is COc1cc2occ(-c3cccc4ccccc34)c2cc1/C(C)=C/C(=O)NC1CCCC1. The summed E-state index contributed by atoms with van der Waals surface area (Å²) in [5, 5.41) is 6.50. The van der Waals surface area contributed by atoms with Crippen molar-refractivity contribution < 1.29 is 13.9 Å². The van der Waals surface area contributed by atoms with Crippen LogP contribution in [0, 0.1) is 0 Å². The van der Waals surface area contributed by atoms with E-state index in [0.29, 0.717) is 11.8 Å². The Morgan fingerprint density at radius 1 is 1.03 bits per heavy atom. The molecule has 32 heavy (non-hydrogen) atoms. The van der Waals surface area contributed by atoms with Gasteiger partial charge in [-0.25, -0.2) is 0 Å². The lowest BCUT2D eigenvalue weighted by atomic mass is 9.96. The molecule has 1 amide bonds. The van der Waals surface area contributed by atoms with Crippen LogP contribution in [0.4, 0.5) is 0 Å². The normalized spacial score (nSPS) is 14.9. The van der Waals surface area contributed by atoms with Gasteiger partial charge >= 0.3 is 0 Å². The predicted octanol–water partition coefficient (Wildman–Crippen LogP) is 6.72. The standard InChI is InChI=1S/C28H27NO3/c1-18(14-28(30)29-20-10-4-5-11-20)23-15-24-25(17-32-27(24)16-26(23)31-2)22-13-7-9-19-8-3-6-12-21(19)22/h3,6-9,12-17,20H,4-5,10-11H2,1-2H3,(H,29,30)/b18-14+. The molecule has 0 spiro atoms. The Morgan fingerprint density at radius 2 is 1.81 bits per heavy atom. The summed E-state index contributed by atoms with van der Waals surface area (Å²) in [6.45, 7) is 1.95. The van der Waals surface area contributed by atoms with Crippen molar-refractivity contribution in [2.75, 3.05) is 7.11 Å². The van der Waals surface area contributed by atoms with Crippen LogP contribution in [-0.2, 0) is 4.79 Å². The highest BCUT2D eigenvalue weighted by Crippen LogP contribution is 2.39. The zero-order chi connectivity index (χ0) is 22.1. The maximum Gasteiger partial charge on any atom is 0.244 e. The minimum absolute atomic E-state index is 0.0435. The zero-order valence-electron chi connectivity index (χ0n) is 18.5. The molecule has 1 saturated carbocycles. The van der Waals surface area contributed by atoms with Crippen molar-refractivity contribution in [1.82, 2.24) is 5.32 Å². The molecule has 0 radical (unpaired) electrons. The van der Waals surface area contributed by atoms with E-state index in [1.54, 1.807) is 13.2 Å². The van der Waals surface area contributed by atoms with E-state index in [0.717, 1.165) is 46.1 Å². The molecule has 4 heteroatoms. The minimum Gasteiger partial charge on any atom is -0.496 e. The third kappa shape index (κ3) is 3.77. The number of carbonyl (C=O) groups is 1. The Labute approximate surface area is 187 Å². The van der Waals surface area contributed by atoms with Gasteiger partial charge in [0.15, 0.2) is 0 Å². The van der Waals surface area contributed by atoms with Crippen molar-refractivity contribution in [2.45, 2.75) is 38.6 Å². The van der Waals surface area contributed by atoms with Crippen molar-refractivity contribution >= 4 is 33.2 Å². The second-order valence-electron chi connectivity index (χ2n) is 8.54. The molecule has 1 aliphatic rings. The van der Waals surface area contributed by atoms with E-state index in [1.165, 1.54) is 23.6 Å². The van der Waals surface area contributed by atoms with Crippen LogP contribution in [0.15, 0.2) is 71.4 Å². The van der Waals surface area contributed by atoms with Crippen molar-refractivity contribution in [3.63, 3.8) is 0 Å². The third-order valence-corrected chi connectivity index (χ3v) is 6.45. The lowest BCUT2D eigenvalue weighted by Crippen LogP contribution is -2.31. The smallest absolute Gasteiger partial charge is 0.244 e. The van der Waals surface area contributed by atoms with E-state index in [2.05, 4.69) is 47.8 Å². The van der Waals surface area contributed by atoms with E-state index < -0.39 is 0 Å². The van der Waals surface area contributed by atoms with E-state index in [4.69, 9.17) is 9.15 Å². The number of ether oxygens (including phenoxy) is 1.